The number of rotatable bonds is 10. The quantitative estimate of drug-likeness (QED) is 0.649. The van der Waals surface area contributed by atoms with Crippen LogP contribution in [0.2, 0.25) is 0 Å². The normalized spacial score (nSPS) is 13.4. The summed E-state index contributed by atoms with van der Waals surface area (Å²) in [5, 5.41) is 3.02. The van der Waals surface area contributed by atoms with E-state index >= 15 is 0 Å². The van der Waals surface area contributed by atoms with Crippen LogP contribution in [0.1, 0.15) is 44.2 Å². The van der Waals surface area contributed by atoms with Crippen LogP contribution in [0.4, 0.5) is 5.69 Å². The first-order valence-corrected chi connectivity index (χ1v) is 10.7. The Morgan fingerprint density at radius 1 is 0.931 bits per heavy atom. The molecule has 0 unspecified atom stereocenters. The van der Waals surface area contributed by atoms with E-state index in [1.54, 1.807) is 0 Å². The zero-order valence-corrected chi connectivity index (χ0v) is 17.6. The van der Waals surface area contributed by atoms with Crippen LogP contribution >= 0.6 is 0 Å². The Bertz CT molecular complexity index is 783. The fourth-order valence-electron chi connectivity index (χ4n) is 3.60. The highest BCUT2D eigenvalue weighted by atomic mass is 16.5. The lowest BCUT2D eigenvalue weighted by atomic mass is 10.1. The van der Waals surface area contributed by atoms with Crippen molar-refractivity contribution in [2.45, 2.75) is 46.1 Å². The number of hydrogen-bond acceptors (Lipinski definition) is 4. The molecule has 0 aromatic heterocycles. The van der Waals surface area contributed by atoms with Crippen LogP contribution in [0.5, 0.6) is 11.5 Å². The van der Waals surface area contributed by atoms with Gasteiger partial charge in [-0.3, -0.25) is 4.79 Å². The van der Waals surface area contributed by atoms with E-state index in [0.29, 0.717) is 32.6 Å². The van der Waals surface area contributed by atoms with Gasteiger partial charge in [-0.15, -0.1) is 0 Å². The van der Waals surface area contributed by atoms with E-state index in [2.05, 4.69) is 34.5 Å². The van der Waals surface area contributed by atoms with E-state index in [9.17, 15) is 4.79 Å². The predicted molar refractivity (Wildman–Crippen MR) is 117 cm³/mol. The molecular formula is C24H32N2O3. The smallest absolute Gasteiger partial charge is 0.220 e. The van der Waals surface area contributed by atoms with E-state index in [0.717, 1.165) is 35.7 Å². The molecule has 1 aliphatic heterocycles. The molecule has 5 nitrogen and oxygen atoms in total. The molecule has 29 heavy (non-hydrogen) atoms. The molecule has 0 atom stereocenters. The average molecular weight is 397 g/mol. The molecule has 1 amide bonds. The van der Waals surface area contributed by atoms with Crippen LogP contribution in [0, 0.1) is 0 Å². The van der Waals surface area contributed by atoms with E-state index in [-0.39, 0.29) is 5.91 Å². The Labute approximate surface area is 174 Å². The summed E-state index contributed by atoms with van der Waals surface area (Å²) in [5.74, 6) is 1.55. The summed E-state index contributed by atoms with van der Waals surface area (Å²) in [6.45, 7) is 7.94. The van der Waals surface area contributed by atoms with Gasteiger partial charge < -0.3 is 19.7 Å². The van der Waals surface area contributed by atoms with Gasteiger partial charge in [0.1, 0.15) is 0 Å². The lowest BCUT2D eigenvalue weighted by Crippen LogP contribution is -2.23. The molecule has 1 N–H and O–H groups in total. The number of nitrogens with one attached hydrogen (secondary N) is 1. The summed E-state index contributed by atoms with van der Waals surface area (Å²) in [6.07, 6.45) is 3.67. The van der Waals surface area contributed by atoms with Crippen molar-refractivity contribution in [3.8, 4) is 11.5 Å². The van der Waals surface area contributed by atoms with Gasteiger partial charge in [-0.2, -0.15) is 0 Å². The van der Waals surface area contributed by atoms with Gasteiger partial charge in [-0.25, -0.2) is 0 Å². The third-order valence-corrected chi connectivity index (χ3v) is 5.15. The van der Waals surface area contributed by atoms with Gasteiger partial charge in [0.2, 0.25) is 5.91 Å². The number of anilines is 1. The molecule has 5 heteroatoms. The van der Waals surface area contributed by atoms with Crippen molar-refractivity contribution in [2.24, 2.45) is 0 Å². The van der Waals surface area contributed by atoms with E-state index in [1.807, 2.05) is 32.0 Å². The molecule has 0 bridgehead atoms. The van der Waals surface area contributed by atoms with Gasteiger partial charge >= 0.3 is 0 Å². The Morgan fingerprint density at radius 2 is 1.59 bits per heavy atom. The standard InChI is InChI=1S/C24H32N2O3/c1-3-28-22-13-9-19(17-23(22)29-4-2)10-14-24(27)25-18-20-7-11-21(12-8-20)26-15-5-6-16-26/h7-9,11-13,17H,3-6,10,14-16,18H2,1-2H3,(H,25,27). The van der Waals surface area contributed by atoms with Crippen LogP contribution in [0.25, 0.3) is 0 Å². The number of carbonyl (C=O) groups excluding carboxylic acids is 1. The summed E-state index contributed by atoms with van der Waals surface area (Å²) in [5.41, 5.74) is 3.47. The van der Waals surface area contributed by atoms with Gasteiger partial charge in [0.05, 0.1) is 13.2 Å². The zero-order chi connectivity index (χ0) is 20.5. The lowest BCUT2D eigenvalue weighted by Gasteiger charge is -2.17. The number of nitrogens with zero attached hydrogens (tertiary/aromatic N) is 1. The molecule has 1 fully saturated rings. The maximum Gasteiger partial charge on any atom is 0.220 e. The highest BCUT2D eigenvalue weighted by molar-refractivity contribution is 5.76. The van der Waals surface area contributed by atoms with Crippen LogP contribution in [0.3, 0.4) is 0 Å². The topological polar surface area (TPSA) is 50.8 Å². The second kappa shape index (κ2) is 10.7. The van der Waals surface area contributed by atoms with Crippen LogP contribution in [0.15, 0.2) is 42.5 Å². The first-order valence-electron chi connectivity index (χ1n) is 10.7. The lowest BCUT2D eigenvalue weighted by molar-refractivity contribution is -0.121. The third kappa shape index (κ3) is 6.14. The summed E-state index contributed by atoms with van der Waals surface area (Å²) >= 11 is 0. The number of carbonyl (C=O) groups is 1. The number of hydrogen-bond donors (Lipinski definition) is 1. The average Bonchev–Trinajstić information content (AvgIpc) is 3.28. The molecule has 0 aliphatic carbocycles. The Balaban J connectivity index is 1.46. The third-order valence-electron chi connectivity index (χ3n) is 5.15. The van der Waals surface area contributed by atoms with Crippen LogP contribution < -0.4 is 19.7 Å². The minimum Gasteiger partial charge on any atom is -0.490 e. The summed E-state index contributed by atoms with van der Waals surface area (Å²) < 4.78 is 11.3. The number of amides is 1. The molecule has 2 aromatic rings. The first kappa shape index (κ1) is 21.0. The number of ether oxygens (including phenoxy) is 2. The zero-order valence-electron chi connectivity index (χ0n) is 17.6. The minimum absolute atomic E-state index is 0.0560. The first-order chi connectivity index (χ1) is 14.2. The molecule has 2 aromatic carbocycles. The monoisotopic (exact) mass is 396 g/mol. The maximum atomic E-state index is 12.3. The van der Waals surface area contributed by atoms with E-state index in [1.165, 1.54) is 18.5 Å². The molecule has 1 heterocycles. The van der Waals surface area contributed by atoms with Crippen molar-refractivity contribution in [1.29, 1.82) is 0 Å². The van der Waals surface area contributed by atoms with Crippen molar-refractivity contribution in [3.63, 3.8) is 0 Å². The van der Waals surface area contributed by atoms with Crippen LogP contribution in [-0.2, 0) is 17.8 Å². The van der Waals surface area contributed by atoms with Gasteiger partial charge in [-0.1, -0.05) is 18.2 Å². The summed E-state index contributed by atoms with van der Waals surface area (Å²) in [4.78, 5) is 14.7. The predicted octanol–water partition coefficient (Wildman–Crippen LogP) is 4.33. The molecule has 3 rings (SSSR count). The fraction of sp³-hybridized carbons (Fsp3) is 0.458. The van der Waals surface area contributed by atoms with Crippen molar-refractivity contribution >= 4 is 11.6 Å². The van der Waals surface area contributed by atoms with Crippen molar-refractivity contribution < 1.29 is 14.3 Å². The summed E-state index contributed by atoms with van der Waals surface area (Å²) in [7, 11) is 0. The van der Waals surface area contributed by atoms with E-state index in [4.69, 9.17) is 9.47 Å². The van der Waals surface area contributed by atoms with E-state index < -0.39 is 0 Å². The van der Waals surface area contributed by atoms with Crippen molar-refractivity contribution in [3.05, 3.63) is 53.6 Å². The van der Waals surface area contributed by atoms with Crippen molar-refractivity contribution in [2.75, 3.05) is 31.2 Å². The summed E-state index contributed by atoms with van der Waals surface area (Å²) in [6, 6.07) is 14.4. The molecule has 156 valence electrons. The molecule has 0 radical (unpaired) electrons. The molecule has 1 saturated heterocycles. The highest BCUT2D eigenvalue weighted by Crippen LogP contribution is 2.29. The van der Waals surface area contributed by atoms with Gasteiger partial charge in [0, 0.05) is 31.7 Å². The SMILES string of the molecule is CCOc1ccc(CCC(=O)NCc2ccc(N3CCCC3)cc2)cc1OCC. The molecule has 0 spiro atoms. The number of benzene rings is 2. The van der Waals surface area contributed by atoms with Crippen molar-refractivity contribution in [1.82, 2.24) is 5.32 Å². The molecular weight excluding hydrogens is 364 g/mol. The Hall–Kier alpha value is -2.69. The largest absolute Gasteiger partial charge is 0.490 e. The minimum atomic E-state index is 0.0560. The second-order valence-corrected chi connectivity index (χ2v) is 7.28. The van der Waals surface area contributed by atoms with Gasteiger partial charge in [0.25, 0.3) is 0 Å². The second-order valence-electron chi connectivity index (χ2n) is 7.28. The Morgan fingerprint density at radius 3 is 2.28 bits per heavy atom. The maximum absolute atomic E-state index is 12.3. The van der Waals surface area contributed by atoms with Gasteiger partial charge in [-0.05, 0) is 68.5 Å². The number of aryl methyl sites for hydroxylation is 1. The van der Waals surface area contributed by atoms with Gasteiger partial charge in [0.15, 0.2) is 11.5 Å². The molecule has 1 aliphatic rings. The fourth-order valence-corrected chi connectivity index (χ4v) is 3.60. The Kier molecular flexibility index (Phi) is 7.79. The molecule has 0 saturated carbocycles. The van der Waals surface area contributed by atoms with Crippen LogP contribution in [-0.4, -0.2) is 32.2 Å². The highest BCUT2D eigenvalue weighted by Gasteiger charge is 2.12.